The molecule has 0 aromatic heterocycles. The van der Waals surface area contributed by atoms with Crippen molar-refractivity contribution >= 4 is 17.9 Å². The average Bonchev–Trinajstić information content (AvgIpc) is 2.41. The van der Waals surface area contributed by atoms with E-state index in [4.69, 9.17) is 4.74 Å². The van der Waals surface area contributed by atoms with Crippen LogP contribution in [0.25, 0.3) is 0 Å². The van der Waals surface area contributed by atoms with Crippen LogP contribution >= 0.6 is 0 Å². The summed E-state index contributed by atoms with van der Waals surface area (Å²) >= 11 is 0. The van der Waals surface area contributed by atoms with Gasteiger partial charge in [-0.25, -0.2) is 4.79 Å². The number of rotatable bonds is 9. The third kappa shape index (κ3) is 9.29. The summed E-state index contributed by atoms with van der Waals surface area (Å²) in [5.41, 5.74) is 0. The van der Waals surface area contributed by atoms with Crippen LogP contribution in [-0.2, 0) is 19.1 Å². The topological polar surface area (TPSA) is 97.0 Å². The van der Waals surface area contributed by atoms with Gasteiger partial charge in [-0.05, 0) is 6.92 Å². The van der Waals surface area contributed by atoms with E-state index in [1.165, 1.54) is 7.11 Å². The molecule has 116 valence electrons. The number of imide groups is 1. The lowest BCUT2D eigenvalue weighted by Crippen LogP contribution is -2.45. The maximum atomic E-state index is 11.6. The molecule has 20 heavy (non-hydrogen) atoms. The van der Waals surface area contributed by atoms with E-state index in [-0.39, 0.29) is 18.9 Å². The number of urea groups is 1. The number of carbonyl (C=O) groups excluding carboxylic acids is 3. The molecule has 8 nitrogen and oxygen atoms in total. The van der Waals surface area contributed by atoms with Crippen molar-refractivity contribution in [3.8, 4) is 0 Å². The number of methoxy groups -OCH3 is 2. The highest BCUT2D eigenvalue weighted by Gasteiger charge is 2.14. The Morgan fingerprint density at radius 3 is 2.40 bits per heavy atom. The molecule has 0 aliphatic rings. The van der Waals surface area contributed by atoms with E-state index in [0.717, 1.165) is 0 Å². The Morgan fingerprint density at radius 2 is 1.85 bits per heavy atom. The van der Waals surface area contributed by atoms with Gasteiger partial charge in [-0.15, -0.1) is 0 Å². The Kier molecular flexibility index (Phi) is 10.2. The van der Waals surface area contributed by atoms with Crippen LogP contribution in [-0.4, -0.2) is 69.8 Å². The van der Waals surface area contributed by atoms with E-state index in [2.05, 4.69) is 15.4 Å². The fourth-order valence-electron chi connectivity index (χ4n) is 1.42. The molecule has 0 spiro atoms. The largest absolute Gasteiger partial charge is 0.469 e. The van der Waals surface area contributed by atoms with Gasteiger partial charge in [0.1, 0.15) is 0 Å². The summed E-state index contributed by atoms with van der Waals surface area (Å²) in [6.45, 7) is 3.47. The third-order valence-corrected chi connectivity index (χ3v) is 2.43. The first-order valence-electron chi connectivity index (χ1n) is 6.39. The first-order chi connectivity index (χ1) is 9.53. The zero-order valence-corrected chi connectivity index (χ0v) is 12.2. The molecule has 0 rings (SSSR count). The smallest absolute Gasteiger partial charge is 0.321 e. The number of esters is 1. The molecule has 0 saturated heterocycles. The molecule has 0 bridgehead atoms. The molecule has 0 saturated carbocycles. The second kappa shape index (κ2) is 11.2. The summed E-state index contributed by atoms with van der Waals surface area (Å²) in [5, 5.41) is 4.67. The standard InChI is InChI=1S/C12H23N3O5/c1-4-13-12(18)14-10(16)9-15(7-8-19-2)6-5-11(17)20-3/h4-9H2,1-3H3,(H2,13,14,16,18). The van der Waals surface area contributed by atoms with E-state index < -0.39 is 11.9 Å². The van der Waals surface area contributed by atoms with Crippen LogP contribution < -0.4 is 10.6 Å². The molecular formula is C12H23N3O5. The van der Waals surface area contributed by atoms with Crippen molar-refractivity contribution < 1.29 is 23.9 Å². The molecule has 0 fully saturated rings. The zero-order chi connectivity index (χ0) is 15.4. The van der Waals surface area contributed by atoms with Crippen LogP contribution in [0.1, 0.15) is 13.3 Å². The van der Waals surface area contributed by atoms with Crippen LogP contribution in [0.15, 0.2) is 0 Å². The Morgan fingerprint density at radius 1 is 1.15 bits per heavy atom. The summed E-state index contributed by atoms with van der Waals surface area (Å²) in [6.07, 6.45) is 0.175. The van der Waals surface area contributed by atoms with Crippen molar-refractivity contribution in [3.05, 3.63) is 0 Å². The summed E-state index contributed by atoms with van der Waals surface area (Å²) in [4.78, 5) is 35.7. The molecule has 0 aliphatic carbocycles. The van der Waals surface area contributed by atoms with Crippen LogP contribution in [0.3, 0.4) is 0 Å². The van der Waals surface area contributed by atoms with Crippen LogP contribution in [0.4, 0.5) is 4.79 Å². The molecular weight excluding hydrogens is 266 g/mol. The summed E-state index contributed by atoms with van der Waals surface area (Å²) in [7, 11) is 2.86. The number of hydrogen-bond donors (Lipinski definition) is 2. The third-order valence-electron chi connectivity index (χ3n) is 2.43. The number of ether oxygens (including phenoxy) is 2. The molecule has 0 unspecified atom stereocenters. The van der Waals surface area contributed by atoms with E-state index in [0.29, 0.717) is 26.2 Å². The Hall–Kier alpha value is -1.67. The minimum absolute atomic E-state index is 0.0114. The van der Waals surface area contributed by atoms with Gasteiger partial charge < -0.3 is 14.8 Å². The van der Waals surface area contributed by atoms with Gasteiger partial charge in [-0.1, -0.05) is 0 Å². The quantitative estimate of drug-likeness (QED) is 0.547. The number of nitrogens with zero attached hydrogens (tertiary/aromatic N) is 1. The van der Waals surface area contributed by atoms with Crippen LogP contribution in [0.5, 0.6) is 0 Å². The lowest BCUT2D eigenvalue weighted by atomic mass is 10.3. The predicted molar refractivity (Wildman–Crippen MR) is 72.2 cm³/mol. The number of amides is 3. The van der Waals surface area contributed by atoms with Crippen molar-refractivity contribution in [2.24, 2.45) is 0 Å². The Balaban J connectivity index is 4.21. The van der Waals surface area contributed by atoms with Gasteiger partial charge in [0.2, 0.25) is 5.91 Å². The fraction of sp³-hybridized carbons (Fsp3) is 0.750. The summed E-state index contributed by atoms with van der Waals surface area (Å²) in [5.74, 6) is -0.784. The number of nitrogens with one attached hydrogen (secondary N) is 2. The minimum Gasteiger partial charge on any atom is -0.469 e. The molecule has 0 aliphatic heterocycles. The lowest BCUT2D eigenvalue weighted by Gasteiger charge is -2.20. The maximum absolute atomic E-state index is 11.6. The van der Waals surface area contributed by atoms with Crippen molar-refractivity contribution in [1.82, 2.24) is 15.5 Å². The molecule has 0 radical (unpaired) electrons. The summed E-state index contributed by atoms with van der Waals surface area (Å²) < 4.78 is 9.48. The molecule has 0 aromatic carbocycles. The first kappa shape index (κ1) is 18.3. The normalized spacial score (nSPS) is 10.2. The molecule has 8 heteroatoms. The van der Waals surface area contributed by atoms with E-state index >= 15 is 0 Å². The van der Waals surface area contributed by atoms with Crippen LogP contribution in [0, 0.1) is 0 Å². The van der Waals surface area contributed by atoms with Gasteiger partial charge in [-0.2, -0.15) is 0 Å². The first-order valence-corrected chi connectivity index (χ1v) is 6.39. The predicted octanol–water partition coefficient (Wildman–Crippen LogP) is -0.656. The molecule has 0 heterocycles. The average molecular weight is 289 g/mol. The Labute approximate surface area is 118 Å². The van der Waals surface area contributed by atoms with Crippen molar-refractivity contribution in [2.45, 2.75) is 13.3 Å². The molecule has 0 aromatic rings. The number of carbonyl (C=O) groups is 3. The lowest BCUT2D eigenvalue weighted by molar-refractivity contribution is -0.141. The van der Waals surface area contributed by atoms with E-state index in [9.17, 15) is 14.4 Å². The second-order valence-corrected chi connectivity index (χ2v) is 4.00. The van der Waals surface area contributed by atoms with Crippen molar-refractivity contribution in [3.63, 3.8) is 0 Å². The molecule has 2 N–H and O–H groups in total. The second-order valence-electron chi connectivity index (χ2n) is 4.00. The van der Waals surface area contributed by atoms with Crippen LogP contribution in [0.2, 0.25) is 0 Å². The van der Waals surface area contributed by atoms with E-state index in [1.54, 1.807) is 18.9 Å². The van der Waals surface area contributed by atoms with Crippen molar-refractivity contribution in [2.75, 3.05) is 47.0 Å². The van der Waals surface area contributed by atoms with Crippen molar-refractivity contribution in [1.29, 1.82) is 0 Å². The van der Waals surface area contributed by atoms with Gasteiger partial charge >= 0.3 is 12.0 Å². The van der Waals surface area contributed by atoms with E-state index in [1.807, 2.05) is 0 Å². The van der Waals surface area contributed by atoms with Gasteiger partial charge in [-0.3, -0.25) is 19.8 Å². The Bertz CT molecular complexity index is 322. The van der Waals surface area contributed by atoms with Gasteiger partial charge in [0.15, 0.2) is 0 Å². The van der Waals surface area contributed by atoms with Gasteiger partial charge in [0.25, 0.3) is 0 Å². The maximum Gasteiger partial charge on any atom is 0.321 e. The highest BCUT2D eigenvalue weighted by Crippen LogP contribution is 1.94. The number of hydrogen-bond acceptors (Lipinski definition) is 6. The molecule has 3 amide bonds. The zero-order valence-electron chi connectivity index (χ0n) is 12.2. The fourth-order valence-corrected chi connectivity index (χ4v) is 1.42. The summed E-state index contributed by atoms with van der Waals surface area (Å²) in [6, 6.07) is -0.530. The minimum atomic E-state index is -0.530. The van der Waals surface area contributed by atoms with Gasteiger partial charge in [0, 0.05) is 26.7 Å². The SMILES string of the molecule is CCNC(=O)NC(=O)CN(CCOC)CCC(=O)OC. The van der Waals surface area contributed by atoms with Gasteiger partial charge in [0.05, 0.1) is 26.7 Å². The highest BCUT2D eigenvalue weighted by molar-refractivity contribution is 5.95. The monoisotopic (exact) mass is 289 g/mol. The molecule has 0 atom stereocenters. The highest BCUT2D eigenvalue weighted by atomic mass is 16.5.